The van der Waals surface area contributed by atoms with Crippen molar-refractivity contribution in [1.82, 2.24) is 0 Å². The van der Waals surface area contributed by atoms with E-state index in [1.807, 2.05) is 0 Å². The Morgan fingerprint density at radius 2 is 2.06 bits per heavy atom. The van der Waals surface area contributed by atoms with E-state index in [4.69, 9.17) is 4.74 Å². The van der Waals surface area contributed by atoms with Crippen LogP contribution in [-0.4, -0.2) is 13.2 Å². The predicted molar refractivity (Wildman–Crippen MR) is 68.4 cm³/mol. The molecule has 0 heterocycles. The first-order valence-corrected chi connectivity index (χ1v) is 5.93. The molecule has 1 aromatic carbocycles. The van der Waals surface area contributed by atoms with Crippen LogP contribution in [0, 0.1) is 0 Å². The molecule has 1 aliphatic carbocycles. The van der Waals surface area contributed by atoms with Crippen LogP contribution in [0.2, 0.25) is 0 Å². The molecule has 0 saturated heterocycles. The number of ether oxygens (including phenoxy) is 1. The van der Waals surface area contributed by atoms with Gasteiger partial charge in [0.1, 0.15) is 0 Å². The lowest BCUT2D eigenvalue weighted by Gasteiger charge is -2.02. The van der Waals surface area contributed by atoms with E-state index >= 15 is 0 Å². The Kier molecular flexibility index (Phi) is 3.95. The SMILES string of the molecule is CCCOCC1=CCc2ccccc2C=C1. The van der Waals surface area contributed by atoms with E-state index in [2.05, 4.69) is 49.4 Å². The predicted octanol–water partition coefficient (Wildman–Crippen LogP) is 3.61. The summed E-state index contributed by atoms with van der Waals surface area (Å²) < 4.78 is 5.56. The summed E-state index contributed by atoms with van der Waals surface area (Å²) in [5, 5.41) is 0. The Labute approximate surface area is 97.4 Å². The van der Waals surface area contributed by atoms with Crippen molar-refractivity contribution in [2.45, 2.75) is 19.8 Å². The van der Waals surface area contributed by atoms with Crippen molar-refractivity contribution in [2.24, 2.45) is 0 Å². The topological polar surface area (TPSA) is 9.23 Å². The summed E-state index contributed by atoms with van der Waals surface area (Å²) in [6.07, 6.45) is 8.70. The minimum Gasteiger partial charge on any atom is -0.377 e. The summed E-state index contributed by atoms with van der Waals surface area (Å²) in [5.41, 5.74) is 4.00. The number of hydrogen-bond donors (Lipinski definition) is 0. The highest BCUT2D eigenvalue weighted by Crippen LogP contribution is 2.17. The fraction of sp³-hybridized carbons (Fsp3) is 0.333. The quantitative estimate of drug-likeness (QED) is 0.696. The number of rotatable bonds is 4. The highest BCUT2D eigenvalue weighted by molar-refractivity contribution is 5.59. The van der Waals surface area contributed by atoms with Gasteiger partial charge in [-0.1, -0.05) is 49.4 Å². The Morgan fingerprint density at radius 1 is 1.19 bits per heavy atom. The third-order valence-corrected chi connectivity index (χ3v) is 2.73. The smallest absolute Gasteiger partial charge is 0.0713 e. The lowest BCUT2D eigenvalue weighted by molar-refractivity contribution is 0.158. The highest BCUT2D eigenvalue weighted by atomic mass is 16.5. The van der Waals surface area contributed by atoms with Crippen molar-refractivity contribution >= 4 is 6.08 Å². The molecule has 0 amide bonds. The second kappa shape index (κ2) is 5.66. The van der Waals surface area contributed by atoms with E-state index < -0.39 is 0 Å². The van der Waals surface area contributed by atoms with Gasteiger partial charge >= 0.3 is 0 Å². The number of hydrogen-bond acceptors (Lipinski definition) is 1. The molecule has 0 radical (unpaired) electrons. The van der Waals surface area contributed by atoms with Crippen molar-refractivity contribution in [1.29, 1.82) is 0 Å². The van der Waals surface area contributed by atoms with E-state index in [0.717, 1.165) is 26.1 Å². The first-order valence-electron chi connectivity index (χ1n) is 5.93. The molecule has 0 spiro atoms. The van der Waals surface area contributed by atoms with Crippen molar-refractivity contribution in [3.8, 4) is 0 Å². The molecular weight excluding hydrogens is 196 g/mol. The van der Waals surface area contributed by atoms with Gasteiger partial charge in [0.15, 0.2) is 0 Å². The van der Waals surface area contributed by atoms with Gasteiger partial charge in [-0.3, -0.25) is 0 Å². The third-order valence-electron chi connectivity index (χ3n) is 2.73. The summed E-state index contributed by atoms with van der Waals surface area (Å²) in [5.74, 6) is 0. The van der Waals surface area contributed by atoms with Crippen LogP contribution in [0.15, 0.2) is 42.0 Å². The number of benzene rings is 1. The largest absolute Gasteiger partial charge is 0.377 e. The van der Waals surface area contributed by atoms with Gasteiger partial charge in [-0.2, -0.15) is 0 Å². The summed E-state index contributed by atoms with van der Waals surface area (Å²) in [7, 11) is 0. The molecule has 0 aromatic heterocycles. The van der Waals surface area contributed by atoms with Crippen LogP contribution in [0.1, 0.15) is 24.5 Å². The first-order chi connectivity index (χ1) is 7.90. The molecule has 1 aliphatic rings. The Morgan fingerprint density at radius 3 is 2.94 bits per heavy atom. The van der Waals surface area contributed by atoms with Crippen LogP contribution in [-0.2, 0) is 11.2 Å². The maximum Gasteiger partial charge on any atom is 0.0713 e. The standard InChI is InChI=1S/C15H18O/c1-2-11-16-12-13-7-9-14-5-3-4-6-15(14)10-8-13/h3-9H,2,10-12H2,1H3. The summed E-state index contributed by atoms with van der Waals surface area (Å²) >= 11 is 0. The molecule has 16 heavy (non-hydrogen) atoms. The lowest BCUT2D eigenvalue weighted by Crippen LogP contribution is -1.97. The number of allylic oxidation sites excluding steroid dienone is 1. The molecule has 0 fully saturated rings. The van der Waals surface area contributed by atoms with Gasteiger partial charge < -0.3 is 4.74 Å². The van der Waals surface area contributed by atoms with Crippen LogP contribution in [0.4, 0.5) is 0 Å². The normalized spacial score (nSPS) is 14.2. The highest BCUT2D eigenvalue weighted by Gasteiger charge is 2.02. The molecule has 0 aliphatic heterocycles. The summed E-state index contributed by atoms with van der Waals surface area (Å²) in [4.78, 5) is 0. The van der Waals surface area contributed by atoms with Crippen LogP contribution >= 0.6 is 0 Å². The van der Waals surface area contributed by atoms with E-state index in [1.165, 1.54) is 16.7 Å². The Balaban J connectivity index is 2.03. The van der Waals surface area contributed by atoms with Crippen LogP contribution in [0.5, 0.6) is 0 Å². The van der Waals surface area contributed by atoms with Gasteiger partial charge in [0, 0.05) is 6.61 Å². The summed E-state index contributed by atoms with van der Waals surface area (Å²) in [6, 6.07) is 8.53. The molecule has 1 nitrogen and oxygen atoms in total. The average Bonchev–Trinajstić information content (AvgIpc) is 2.53. The second-order valence-corrected chi connectivity index (χ2v) is 4.07. The van der Waals surface area contributed by atoms with Crippen molar-refractivity contribution < 1.29 is 4.74 Å². The van der Waals surface area contributed by atoms with Crippen LogP contribution < -0.4 is 0 Å². The Bertz CT molecular complexity index is 402. The molecule has 1 heteroatoms. The first kappa shape index (κ1) is 11.2. The molecule has 1 aromatic rings. The van der Waals surface area contributed by atoms with Gasteiger partial charge in [-0.05, 0) is 29.5 Å². The Hall–Kier alpha value is -1.34. The van der Waals surface area contributed by atoms with Crippen molar-refractivity contribution in [2.75, 3.05) is 13.2 Å². The molecule has 84 valence electrons. The molecular formula is C15H18O. The molecule has 0 atom stereocenters. The lowest BCUT2D eigenvalue weighted by atomic mass is 10.1. The maximum absolute atomic E-state index is 5.56. The maximum atomic E-state index is 5.56. The van der Waals surface area contributed by atoms with Gasteiger partial charge in [0.05, 0.1) is 6.61 Å². The second-order valence-electron chi connectivity index (χ2n) is 4.07. The van der Waals surface area contributed by atoms with E-state index in [9.17, 15) is 0 Å². The zero-order chi connectivity index (χ0) is 11.2. The fourth-order valence-corrected chi connectivity index (χ4v) is 1.83. The molecule has 0 bridgehead atoms. The summed E-state index contributed by atoms with van der Waals surface area (Å²) in [6.45, 7) is 3.71. The van der Waals surface area contributed by atoms with Crippen LogP contribution in [0.25, 0.3) is 6.08 Å². The molecule has 0 saturated carbocycles. The molecule has 0 unspecified atom stereocenters. The molecule has 2 rings (SSSR count). The van der Waals surface area contributed by atoms with Gasteiger partial charge in [-0.15, -0.1) is 0 Å². The number of fused-ring (bicyclic) bond motifs is 1. The van der Waals surface area contributed by atoms with Crippen LogP contribution in [0.3, 0.4) is 0 Å². The van der Waals surface area contributed by atoms with Gasteiger partial charge in [0.25, 0.3) is 0 Å². The van der Waals surface area contributed by atoms with E-state index in [-0.39, 0.29) is 0 Å². The molecule has 0 N–H and O–H groups in total. The fourth-order valence-electron chi connectivity index (χ4n) is 1.83. The zero-order valence-corrected chi connectivity index (χ0v) is 9.78. The van der Waals surface area contributed by atoms with Crippen molar-refractivity contribution in [3.05, 3.63) is 53.1 Å². The minimum atomic E-state index is 0.734. The zero-order valence-electron chi connectivity index (χ0n) is 9.78. The van der Waals surface area contributed by atoms with E-state index in [0.29, 0.717) is 0 Å². The van der Waals surface area contributed by atoms with E-state index in [1.54, 1.807) is 0 Å². The average molecular weight is 214 g/mol. The van der Waals surface area contributed by atoms with Crippen molar-refractivity contribution in [3.63, 3.8) is 0 Å². The third kappa shape index (κ3) is 2.83. The monoisotopic (exact) mass is 214 g/mol. The minimum absolute atomic E-state index is 0.734. The van der Waals surface area contributed by atoms with Gasteiger partial charge in [0.2, 0.25) is 0 Å². The van der Waals surface area contributed by atoms with Gasteiger partial charge in [-0.25, -0.2) is 0 Å².